The third kappa shape index (κ3) is 4.57. The van der Waals surface area contributed by atoms with E-state index in [0.29, 0.717) is 13.1 Å². The number of rotatable bonds is 7. The molecule has 3 nitrogen and oxygen atoms in total. The van der Waals surface area contributed by atoms with Crippen molar-refractivity contribution in [2.75, 3.05) is 6.54 Å². The van der Waals surface area contributed by atoms with E-state index in [-0.39, 0.29) is 11.9 Å². The smallest absolute Gasteiger partial charge is 0.234 e. The van der Waals surface area contributed by atoms with Gasteiger partial charge >= 0.3 is 0 Å². The van der Waals surface area contributed by atoms with Crippen LogP contribution in [0.2, 0.25) is 0 Å². The normalized spacial score (nSPS) is 12.3. The Hall–Kier alpha value is -1.87. The minimum absolute atomic E-state index is 0.0659. The number of hydrogen-bond acceptors (Lipinski definition) is 2. The second-order valence-corrected chi connectivity index (χ2v) is 5.50. The molecule has 0 aliphatic rings. The van der Waals surface area contributed by atoms with Crippen molar-refractivity contribution in [2.45, 2.75) is 39.3 Å². The fourth-order valence-electron chi connectivity index (χ4n) is 2.59. The summed E-state index contributed by atoms with van der Waals surface area (Å²) in [6.07, 6.45) is 2.11. The lowest BCUT2D eigenvalue weighted by molar-refractivity contribution is -0.120. The van der Waals surface area contributed by atoms with Crippen molar-refractivity contribution in [3.8, 4) is 0 Å². The Kier molecular flexibility index (Phi) is 5.76. The first-order valence-electron chi connectivity index (χ1n) is 7.67. The quantitative estimate of drug-likeness (QED) is 0.819. The van der Waals surface area contributed by atoms with Crippen molar-refractivity contribution in [1.82, 2.24) is 10.6 Å². The molecule has 0 spiro atoms. The van der Waals surface area contributed by atoms with E-state index < -0.39 is 0 Å². The standard InChI is InChI=1S/C18H24N2O/c1-3-7-14(2)20-18(21)13-19-12-16-10-6-9-15-8-4-5-11-17(15)16/h4-6,8-11,14,19H,3,7,12-13H2,1-2H3,(H,20,21). The maximum atomic E-state index is 11.8. The average molecular weight is 284 g/mol. The first-order valence-corrected chi connectivity index (χ1v) is 7.67. The zero-order valence-corrected chi connectivity index (χ0v) is 12.9. The third-order valence-electron chi connectivity index (χ3n) is 3.61. The van der Waals surface area contributed by atoms with Gasteiger partial charge in [0.25, 0.3) is 0 Å². The van der Waals surface area contributed by atoms with E-state index in [0.717, 1.165) is 12.8 Å². The van der Waals surface area contributed by atoms with Crippen LogP contribution in [0.15, 0.2) is 42.5 Å². The van der Waals surface area contributed by atoms with Gasteiger partial charge in [0.05, 0.1) is 6.54 Å². The molecule has 2 aromatic carbocycles. The molecule has 0 radical (unpaired) electrons. The van der Waals surface area contributed by atoms with Crippen molar-refractivity contribution < 1.29 is 4.79 Å². The average Bonchev–Trinajstić information content (AvgIpc) is 2.47. The molecule has 0 fully saturated rings. The number of carbonyl (C=O) groups excluding carboxylic acids is 1. The van der Waals surface area contributed by atoms with Crippen LogP contribution in [0.5, 0.6) is 0 Å². The predicted molar refractivity (Wildman–Crippen MR) is 88.2 cm³/mol. The molecule has 0 bridgehead atoms. The monoisotopic (exact) mass is 284 g/mol. The van der Waals surface area contributed by atoms with E-state index in [1.807, 2.05) is 19.1 Å². The van der Waals surface area contributed by atoms with Gasteiger partial charge in [0.1, 0.15) is 0 Å². The summed E-state index contributed by atoms with van der Waals surface area (Å²) >= 11 is 0. The Balaban J connectivity index is 1.86. The summed E-state index contributed by atoms with van der Waals surface area (Å²) in [5.74, 6) is 0.0659. The number of amides is 1. The van der Waals surface area contributed by atoms with E-state index in [2.05, 4.69) is 47.9 Å². The van der Waals surface area contributed by atoms with Gasteiger partial charge in [-0.15, -0.1) is 0 Å². The molecule has 2 N–H and O–H groups in total. The number of fused-ring (bicyclic) bond motifs is 1. The summed E-state index contributed by atoms with van der Waals surface area (Å²) in [4.78, 5) is 11.8. The van der Waals surface area contributed by atoms with Crippen LogP contribution in [0.3, 0.4) is 0 Å². The highest BCUT2D eigenvalue weighted by atomic mass is 16.1. The summed E-state index contributed by atoms with van der Waals surface area (Å²) in [5.41, 5.74) is 1.22. The van der Waals surface area contributed by atoms with Crippen LogP contribution >= 0.6 is 0 Å². The summed E-state index contributed by atoms with van der Waals surface area (Å²) in [7, 11) is 0. The van der Waals surface area contributed by atoms with Gasteiger partial charge in [-0.3, -0.25) is 4.79 Å². The fraction of sp³-hybridized carbons (Fsp3) is 0.389. The summed E-state index contributed by atoms with van der Waals surface area (Å²) in [5, 5.41) is 8.71. The molecule has 0 aromatic heterocycles. The third-order valence-corrected chi connectivity index (χ3v) is 3.61. The van der Waals surface area contributed by atoms with Gasteiger partial charge in [-0.1, -0.05) is 55.8 Å². The van der Waals surface area contributed by atoms with Crippen LogP contribution in [-0.2, 0) is 11.3 Å². The largest absolute Gasteiger partial charge is 0.353 e. The van der Waals surface area contributed by atoms with Crippen molar-refractivity contribution >= 4 is 16.7 Å². The molecule has 1 atom stereocenters. The minimum atomic E-state index is 0.0659. The van der Waals surface area contributed by atoms with Gasteiger partial charge in [0.2, 0.25) is 5.91 Å². The lowest BCUT2D eigenvalue weighted by Crippen LogP contribution is -2.38. The number of nitrogens with one attached hydrogen (secondary N) is 2. The number of benzene rings is 2. The van der Waals surface area contributed by atoms with Crippen LogP contribution in [-0.4, -0.2) is 18.5 Å². The highest BCUT2D eigenvalue weighted by Crippen LogP contribution is 2.17. The molecule has 0 saturated carbocycles. The highest BCUT2D eigenvalue weighted by molar-refractivity contribution is 5.85. The second kappa shape index (κ2) is 7.79. The molecule has 112 valence electrons. The van der Waals surface area contributed by atoms with Crippen LogP contribution in [0.1, 0.15) is 32.3 Å². The Morgan fingerprint density at radius 2 is 1.90 bits per heavy atom. The van der Waals surface area contributed by atoms with Crippen LogP contribution in [0.25, 0.3) is 10.8 Å². The molecule has 0 aliphatic heterocycles. The molecular weight excluding hydrogens is 260 g/mol. The van der Waals surface area contributed by atoms with E-state index in [1.54, 1.807) is 0 Å². The molecule has 1 unspecified atom stereocenters. The summed E-state index contributed by atoms with van der Waals surface area (Å²) in [6, 6.07) is 14.8. The maximum absolute atomic E-state index is 11.8. The SMILES string of the molecule is CCCC(C)NC(=O)CNCc1cccc2ccccc12. The number of carbonyl (C=O) groups is 1. The molecule has 2 aromatic rings. The van der Waals surface area contributed by atoms with Crippen LogP contribution in [0, 0.1) is 0 Å². The summed E-state index contributed by atoms with van der Waals surface area (Å²) < 4.78 is 0. The van der Waals surface area contributed by atoms with Crippen LogP contribution in [0.4, 0.5) is 0 Å². The fourth-order valence-corrected chi connectivity index (χ4v) is 2.59. The topological polar surface area (TPSA) is 41.1 Å². The van der Waals surface area contributed by atoms with Crippen molar-refractivity contribution in [2.24, 2.45) is 0 Å². The van der Waals surface area contributed by atoms with Gasteiger partial charge in [-0.25, -0.2) is 0 Å². The Morgan fingerprint density at radius 1 is 1.14 bits per heavy atom. The van der Waals surface area contributed by atoms with E-state index in [4.69, 9.17) is 0 Å². The van der Waals surface area contributed by atoms with Crippen molar-refractivity contribution in [1.29, 1.82) is 0 Å². The lowest BCUT2D eigenvalue weighted by atomic mass is 10.0. The molecule has 0 saturated heterocycles. The number of hydrogen-bond donors (Lipinski definition) is 2. The van der Waals surface area contributed by atoms with Crippen molar-refractivity contribution in [3.63, 3.8) is 0 Å². The zero-order chi connectivity index (χ0) is 15.1. The molecule has 3 heteroatoms. The van der Waals surface area contributed by atoms with Crippen LogP contribution < -0.4 is 10.6 Å². The van der Waals surface area contributed by atoms with E-state index >= 15 is 0 Å². The van der Waals surface area contributed by atoms with E-state index in [9.17, 15) is 4.79 Å². The zero-order valence-electron chi connectivity index (χ0n) is 12.9. The van der Waals surface area contributed by atoms with Gasteiger partial charge in [-0.2, -0.15) is 0 Å². The molecule has 2 rings (SSSR count). The summed E-state index contributed by atoms with van der Waals surface area (Å²) in [6.45, 7) is 5.24. The minimum Gasteiger partial charge on any atom is -0.353 e. The second-order valence-electron chi connectivity index (χ2n) is 5.50. The molecule has 0 aliphatic carbocycles. The Bertz CT molecular complexity index is 589. The molecule has 1 amide bonds. The van der Waals surface area contributed by atoms with Gasteiger partial charge < -0.3 is 10.6 Å². The lowest BCUT2D eigenvalue weighted by Gasteiger charge is -2.13. The molecular formula is C18H24N2O. The Morgan fingerprint density at radius 3 is 2.71 bits per heavy atom. The molecule has 0 heterocycles. The molecule has 21 heavy (non-hydrogen) atoms. The highest BCUT2D eigenvalue weighted by Gasteiger charge is 2.06. The van der Waals surface area contributed by atoms with Crippen molar-refractivity contribution in [3.05, 3.63) is 48.0 Å². The first kappa shape index (κ1) is 15.5. The first-order chi connectivity index (χ1) is 10.2. The van der Waals surface area contributed by atoms with E-state index in [1.165, 1.54) is 16.3 Å². The predicted octanol–water partition coefficient (Wildman–Crippen LogP) is 3.23. The maximum Gasteiger partial charge on any atom is 0.234 e. The van der Waals surface area contributed by atoms with Gasteiger partial charge in [0, 0.05) is 12.6 Å². The van der Waals surface area contributed by atoms with Gasteiger partial charge in [0.15, 0.2) is 0 Å². The Labute approximate surface area is 126 Å². The van der Waals surface area contributed by atoms with Gasteiger partial charge in [-0.05, 0) is 29.7 Å².